The quantitative estimate of drug-likeness (QED) is 0.498. The van der Waals surface area contributed by atoms with Crippen molar-refractivity contribution in [2.75, 3.05) is 32.9 Å². The Labute approximate surface area is 215 Å². The van der Waals surface area contributed by atoms with Crippen molar-refractivity contribution in [2.45, 2.75) is 50.0 Å². The molecule has 11 heteroatoms. The van der Waals surface area contributed by atoms with Gasteiger partial charge in [-0.25, -0.2) is 8.42 Å². The molecule has 0 radical (unpaired) electrons. The van der Waals surface area contributed by atoms with E-state index >= 15 is 0 Å². The minimum absolute atomic E-state index is 0.0268. The lowest BCUT2D eigenvalue weighted by Gasteiger charge is -2.28. The second kappa shape index (κ2) is 11.5. The van der Waals surface area contributed by atoms with Crippen LogP contribution in [0.1, 0.15) is 46.8 Å². The van der Waals surface area contributed by atoms with Gasteiger partial charge in [0.05, 0.1) is 16.2 Å². The number of benzene rings is 2. The number of nitrogens with zero attached hydrogens (tertiary/aromatic N) is 2. The van der Waals surface area contributed by atoms with Gasteiger partial charge in [-0.2, -0.15) is 13.2 Å². The van der Waals surface area contributed by atoms with Crippen LogP contribution in [0.2, 0.25) is 5.02 Å². The molecule has 0 aliphatic carbocycles. The summed E-state index contributed by atoms with van der Waals surface area (Å²) in [5.41, 5.74) is -0.607. The molecule has 0 bridgehead atoms. The van der Waals surface area contributed by atoms with Gasteiger partial charge < -0.3 is 10.2 Å². The van der Waals surface area contributed by atoms with Crippen molar-refractivity contribution in [2.24, 2.45) is 0 Å². The normalized spacial score (nSPS) is 17.1. The van der Waals surface area contributed by atoms with Crippen molar-refractivity contribution >= 4 is 27.3 Å². The molecular formula is C25H31ClF3N3O3S. The van der Waals surface area contributed by atoms with Gasteiger partial charge in [0.2, 0.25) is 0 Å². The minimum atomic E-state index is -4.63. The van der Waals surface area contributed by atoms with Crippen LogP contribution < -0.4 is 5.32 Å². The highest BCUT2D eigenvalue weighted by Crippen LogP contribution is 2.34. The van der Waals surface area contributed by atoms with Crippen LogP contribution in [0.5, 0.6) is 0 Å². The summed E-state index contributed by atoms with van der Waals surface area (Å²) >= 11 is 6.00. The van der Waals surface area contributed by atoms with Crippen molar-refractivity contribution in [1.82, 2.24) is 15.1 Å². The van der Waals surface area contributed by atoms with Crippen molar-refractivity contribution in [3.8, 4) is 0 Å². The Morgan fingerprint density at radius 1 is 1.17 bits per heavy atom. The first kappa shape index (κ1) is 28.4. The highest BCUT2D eigenvalue weighted by atomic mass is 35.5. The highest BCUT2D eigenvalue weighted by molar-refractivity contribution is 7.91. The predicted molar refractivity (Wildman–Crippen MR) is 134 cm³/mol. The van der Waals surface area contributed by atoms with Gasteiger partial charge in [-0.1, -0.05) is 24.6 Å². The largest absolute Gasteiger partial charge is 0.416 e. The fourth-order valence-electron chi connectivity index (χ4n) is 4.49. The lowest BCUT2D eigenvalue weighted by Crippen LogP contribution is -2.37. The van der Waals surface area contributed by atoms with Gasteiger partial charge in [-0.05, 0) is 74.9 Å². The molecular weight excluding hydrogens is 515 g/mol. The van der Waals surface area contributed by atoms with E-state index in [9.17, 15) is 26.4 Å². The Hall–Kier alpha value is -2.14. The van der Waals surface area contributed by atoms with Gasteiger partial charge in [0.15, 0.2) is 9.84 Å². The van der Waals surface area contributed by atoms with Crippen LogP contribution in [0, 0.1) is 0 Å². The first-order valence-corrected chi connectivity index (χ1v) is 13.7. The Kier molecular flexibility index (Phi) is 9.08. The van der Waals surface area contributed by atoms with Crippen LogP contribution >= 0.6 is 11.6 Å². The highest BCUT2D eigenvalue weighted by Gasteiger charge is 2.35. The van der Waals surface area contributed by atoms with E-state index in [4.69, 9.17) is 11.6 Å². The zero-order valence-electron chi connectivity index (χ0n) is 20.5. The standard InChI is InChI=1S/C25H31ClF3N3O3S/c1-4-36(34,35)23-10-9-20(26)12-19(23)14-30-24(33)17-7-8-18(22(13-17)25(27,28)29)15-32-11-5-6-21(32)16-31(2)3/h7-10,12-13,21H,4-6,11,14-16H2,1-3H3,(H,30,33)/t21-/m1/s1. The molecule has 1 heterocycles. The molecule has 0 saturated carbocycles. The van der Waals surface area contributed by atoms with Gasteiger partial charge in [-0.15, -0.1) is 0 Å². The van der Waals surface area contributed by atoms with Crippen LogP contribution in [-0.4, -0.2) is 63.1 Å². The molecule has 198 valence electrons. The number of sulfone groups is 1. The Balaban J connectivity index is 1.82. The summed E-state index contributed by atoms with van der Waals surface area (Å²) in [5, 5.41) is 2.82. The first-order chi connectivity index (χ1) is 16.8. The molecule has 36 heavy (non-hydrogen) atoms. The Morgan fingerprint density at radius 3 is 2.53 bits per heavy atom. The van der Waals surface area contributed by atoms with E-state index < -0.39 is 27.5 Å². The van der Waals surface area contributed by atoms with Crippen molar-refractivity contribution in [3.63, 3.8) is 0 Å². The molecule has 0 spiro atoms. The molecule has 1 saturated heterocycles. The fraction of sp³-hybridized carbons (Fsp3) is 0.480. The minimum Gasteiger partial charge on any atom is -0.348 e. The third-order valence-electron chi connectivity index (χ3n) is 6.30. The van der Waals surface area contributed by atoms with Crippen LogP contribution in [0.25, 0.3) is 0 Å². The molecule has 2 aromatic rings. The molecule has 6 nitrogen and oxygen atoms in total. The second-order valence-electron chi connectivity index (χ2n) is 9.24. The number of alkyl halides is 3. The fourth-order valence-corrected chi connectivity index (χ4v) is 5.80. The maximum absolute atomic E-state index is 14.0. The molecule has 1 amide bonds. The number of likely N-dealkylation sites (N-methyl/N-ethyl adjacent to an activating group) is 1. The van der Waals surface area contributed by atoms with E-state index in [2.05, 4.69) is 10.2 Å². The van der Waals surface area contributed by atoms with E-state index in [0.717, 1.165) is 32.0 Å². The summed E-state index contributed by atoms with van der Waals surface area (Å²) in [6.07, 6.45) is -2.77. The molecule has 1 aliphatic heterocycles. The molecule has 2 aromatic carbocycles. The lowest BCUT2D eigenvalue weighted by atomic mass is 10.0. The van der Waals surface area contributed by atoms with Crippen molar-refractivity contribution < 1.29 is 26.4 Å². The average Bonchev–Trinajstić information content (AvgIpc) is 3.22. The number of halogens is 4. The van der Waals surface area contributed by atoms with E-state index in [1.54, 1.807) is 0 Å². The summed E-state index contributed by atoms with van der Waals surface area (Å²) < 4.78 is 66.6. The summed E-state index contributed by atoms with van der Waals surface area (Å²) in [4.78, 5) is 16.9. The summed E-state index contributed by atoms with van der Waals surface area (Å²) in [6, 6.07) is 8.00. The van der Waals surface area contributed by atoms with E-state index in [-0.39, 0.29) is 51.5 Å². The molecule has 3 rings (SSSR count). The molecule has 1 N–H and O–H groups in total. The SMILES string of the molecule is CCS(=O)(=O)c1ccc(Cl)cc1CNC(=O)c1ccc(CN2CCC[C@@H]2CN(C)C)c(C(F)(F)F)c1. The molecule has 0 aromatic heterocycles. The third-order valence-corrected chi connectivity index (χ3v) is 8.37. The zero-order chi connectivity index (χ0) is 26.7. The Morgan fingerprint density at radius 2 is 1.89 bits per heavy atom. The van der Waals surface area contributed by atoms with Gasteiger partial charge in [0, 0.05) is 36.3 Å². The lowest BCUT2D eigenvalue weighted by molar-refractivity contribution is -0.138. The molecule has 1 aliphatic rings. The van der Waals surface area contributed by atoms with E-state index in [1.165, 1.54) is 37.3 Å². The predicted octanol–water partition coefficient (Wildman–Crippen LogP) is 4.61. The summed E-state index contributed by atoms with van der Waals surface area (Å²) in [5.74, 6) is -0.878. The number of amides is 1. The van der Waals surface area contributed by atoms with Gasteiger partial charge in [-0.3, -0.25) is 9.69 Å². The number of likely N-dealkylation sites (tertiary alicyclic amines) is 1. The van der Waals surface area contributed by atoms with Gasteiger partial charge in [0.1, 0.15) is 0 Å². The second-order valence-corrected chi connectivity index (χ2v) is 11.9. The summed E-state index contributed by atoms with van der Waals surface area (Å²) in [6.45, 7) is 2.94. The van der Waals surface area contributed by atoms with Crippen LogP contribution in [0.4, 0.5) is 13.2 Å². The van der Waals surface area contributed by atoms with Gasteiger partial charge in [0.25, 0.3) is 5.91 Å². The third kappa shape index (κ3) is 7.00. The van der Waals surface area contributed by atoms with Crippen molar-refractivity contribution in [3.05, 3.63) is 63.7 Å². The average molecular weight is 546 g/mol. The number of rotatable bonds is 9. The van der Waals surface area contributed by atoms with Crippen LogP contribution in [0.15, 0.2) is 41.3 Å². The maximum Gasteiger partial charge on any atom is 0.416 e. The number of hydrogen-bond acceptors (Lipinski definition) is 5. The van der Waals surface area contributed by atoms with Gasteiger partial charge >= 0.3 is 6.18 Å². The smallest absolute Gasteiger partial charge is 0.348 e. The maximum atomic E-state index is 14.0. The van der Waals surface area contributed by atoms with Crippen LogP contribution in [-0.2, 0) is 29.1 Å². The number of nitrogens with one attached hydrogen (secondary N) is 1. The molecule has 1 atom stereocenters. The number of carbonyl (C=O) groups excluding carboxylic acids is 1. The topological polar surface area (TPSA) is 69.7 Å². The van der Waals surface area contributed by atoms with Crippen molar-refractivity contribution in [1.29, 1.82) is 0 Å². The zero-order valence-corrected chi connectivity index (χ0v) is 22.1. The van der Waals surface area contributed by atoms with E-state index in [0.29, 0.717) is 0 Å². The molecule has 0 unspecified atom stereocenters. The van der Waals surface area contributed by atoms with E-state index in [1.807, 2.05) is 19.0 Å². The first-order valence-electron chi connectivity index (χ1n) is 11.7. The molecule has 1 fully saturated rings. The number of carbonyl (C=O) groups is 1. The summed E-state index contributed by atoms with van der Waals surface area (Å²) in [7, 11) is 0.299. The monoisotopic (exact) mass is 545 g/mol. The van der Waals surface area contributed by atoms with Crippen LogP contribution in [0.3, 0.4) is 0 Å². The number of hydrogen-bond donors (Lipinski definition) is 1. The Bertz CT molecular complexity index is 1200.